The second-order valence-corrected chi connectivity index (χ2v) is 7.34. The average molecular weight is 361 g/mol. The molecule has 0 saturated carbocycles. The molecule has 0 radical (unpaired) electrons. The summed E-state index contributed by atoms with van der Waals surface area (Å²) in [4.78, 5) is 13.7. The fourth-order valence-electron chi connectivity index (χ4n) is 3.43. The van der Waals surface area contributed by atoms with Crippen molar-refractivity contribution in [2.45, 2.75) is 103 Å². The van der Waals surface area contributed by atoms with Gasteiger partial charge in [-0.05, 0) is 18.4 Å². The van der Waals surface area contributed by atoms with Crippen LogP contribution in [0.3, 0.4) is 0 Å². The van der Waals surface area contributed by atoms with Crippen molar-refractivity contribution in [3.05, 3.63) is 27.5 Å². The zero-order valence-electron chi connectivity index (χ0n) is 16.5. The standard InChI is InChI=1S/C22H36N2O2/c1-2-3-4-5-6-7-8-9-10-11-12-13-14-15-16-19-17-21(25)24-22(26)20(19)18-23/h17H,2-16H2,1H3,(H2,24,25,26). The molecule has 0 bridgehead atoms. The minimum absolute atomic E-state index is 0.208. The van der Waals surface area contributed by atoms with E-state index in [0.29, 0.717) is 12.0 Å². The topological polar surface area (TPSA) is 76.9 Å². The van der Waals surface area contributed by atoms with Crippen LogP contribution in [0.25, 0.3) is 0 Å². The lowest BCUT2D eigenvalue weighted by Crippen LogP contribution is -2.08. The Morgan fingerprint density at radius 2 is 1.35 bits per heavy atom. The molecule has 1 heterocycles. The molecule has 1 aromatic rings. The highest BCUT2D eigenvalue weighted by Gasteiger charge is 2.09. The normalized spacial score (nSPS) is 10.8. The number of rotatable bonds is 15. The molecule has 0 spiro atoms. The van der Waals surface area contributed by atoms with Crippen molar-refractivity contribution in [1.29, 1.82) is 5.26 Å². The maximum atomic E-state index is 11.4. The maximum absolute atomic E-state index is 11.4. The van der Waals surface area contributed by atoms with E-state index in [1.807, 2.05) is 6.07 Å². The number of aromatic amines is 1. The van der Waals surface area contributed by atoms with E-state index in [0.717, 1.165) is 12.8 Å². The Labute approximate surface area is 158 Å². The van der Waals surface area contributed by atoms with Gasteiger partial charge in [-0.1, -0.05) is 90.4 Å². The van der Waals surface area contributed by atoms with Crippen molar-refractivity contribution in [1.82, 2.24) is 4.98 Å². The number of nitrogens with zero attached hydrogens (tertiary/aromatic N) is 1. The number of unbranched alkanes of at least 4 members (excludes halogenated alkanes) is 13. The monoisotopic (exact) mass is 360 g/mol. The summed E-state index contributed by atoms with van der Waals surface area (Å²) in [6.07, 6.45) is 18.9. The van der Waals surface area contributed by atoms with E-state index < -0.39 is 0 Å². The lowest BCUT2D eigenvalue weighted by Gasteiger charge is -2.05. The molecule has 1 rings (SSSR count). The highest BCUT2D eigenvalue weighted by Crippen LogP contribution is 2.18. The van der Waals surface area contributed by atoms with E-state index in [1.54, 1.807) is 0 Å². The molecule has 4 nitrogen and oxygen atoms in total. The Morgan fingerprint density at radius 3 is 1.81 bits per heavy atom. The first-order chi connectivity index (χ1) is 12.7. The predicted molar refractivity (Wildman–Crippen MR) is 107 cm³/mol. The number of nitrogens with one attached hydrogen (secondary N) is 1. The Hall–Kier alpha value is -1.76. The van der Waals surface area contributed by atoms with Crippen LogP contribution in [-0.4, -0.2) is 10.1 Å². The third kappa shape index (κ3) is 9.65. The summed E-state index contributed by atoms with van der Waals surface area (Å²) >= 11 is 0. The molecule has 0 aromatic carbocycles. The van der Waals surface area contributed by atoms with Gasteiger partial charge < -0.3 is 5.11 Å². The number of aromatic nitrogens is 1. The van der Waals surface area contributed by atoms with Crippen LogP contribution in [-0.2, 0) is 6.42 Å². The van der Waals surface area contributed by atoms with Gasteiger partial charge in [0.1, 0.15) is 11.6 Å². The Balaban J connectivity index is 1.99. The third-order valence-corrected chi connectivity index (χ3v) is 5.02. The third-order valence-electron chi connectivity index (χ3n) is 5.02. The average Bonchev–Trinajstić information content (AvgIpc) is 2.61. The minimum atomic E-state index is -0.345. The van der Waals surface area contributed by atoms with Crippen LogP contribution >= 0.6 is 0 Å². The number of nitriles is 1. The first-order valence-electron chi connectivity index (χ1n) is 10.5. The summed E-state index contributed by atoms with van der Waals surface area (Å²) in [5, 5.41) is 18.7. The number of pyridine rings is 1. The van der Waals surface area contributed by atoms with Crippen molar-refractivity contribution < 1.29 is 5.11 Å². The van der Waals surface area contributed by atoms with Crippen molar-refractivity contribution in [3.8, 4) is 11.9 Å². The molecule has 0 amide bonds. The van der Waals surface area contributed by atoms with Crippen LogP contribution in [0.1, 0.15) is 108 Å². The number of aromatic hydroxyl groups is 1. The van der Waals surface area contributed by atoms with Gasteiger partial charge in [0.2, 0.25) is 5.88 Å². The smallest absolute Gasteiger partial charge is 0.251 e. The number of hydrogen-bond acceptors (Lipinski definition) is 3. The lowest BCUT2D eigenvalue weighted by molar-refractivity contribution is 0.448. The molecule has 4 heteroatoms. The highest BCUT2D eigenvalue weighted by atomic mass is 16.3. The van der Waals surface area contributed by atoms with Gasteiger partial charge in [-0.25, -0.2) is 0 Å². The Morgan fingerprint density at radius 1 is 0.885 bits per heavy atom. The second-order valence-electron chi connectivity index (χ2n) is 7.34. The van der Waals surface area contributed by atoms with Gasteiger partial charge in [-0.2, -0.15) is 5.26 Å². The van der Waals surface area contributed by atoms with Crippen LogP contribution in [0.15, 0.2) is 10.9 Å². The molecule has 0 fully saturated rings. The summed E-state index contributed by atoms with van der Waals surface area (Å²) in [6.45, 7) is 2.26. The summed E-state index contributed by atoms with van der Waals surface area (Å²) in [5.74, 6) is -0.305. The summed E-state index contributed by atoms with van der Waals surface area (Å²) in [5.41, 5.74) is 0.522. The van der Waals surface area contributed by atoms with Crippen molar-refractivity contribution in [3.63, 3.8) is 0 Å². The molecule has 0 saturated heterocycles. The van der Waals surface area contributed by atoms with Gasteiger partial charge >= 0.3 is 0 Å². The highest BCUT2D eigenvalue weighted by molar-refractivity contribution is 5.43. The molecule has 0 unspecified atom stereocenters. The fraction of sp³-hybridized carbons (Fsp3) is 0.727. The molecule has 26 heavy (non-hydrogen) atoms. The first-order valence-corrected chi connectivity index (χ1v) is 10.5. The van der Waals surface area contributed by atoms with E-state index >= 15 is 0 Å². The molecule has 0 aliphatic rings. The molecular weight excluding hydrogens is 324 g/mol. The molecule has 2 N–H and O–H groups in total. The Bertz CT molecular complexity index is 587. The first kappa shape index (κ1) is 22.3. The second kappa shape index (κ2) is 14.4. The van der Waals surface area contributed by atoms with Gasteiger partial charge in [0, 0.05) is 6.07 Å². The largest absolute Gasteiger partial charge is 0.494 e. The quantitative estimate of drug-likeness (QED) is 0.378. The Kier molecular flexibility index (Phi) is 12.4. The van der Waals surface area contributed by atoms with E-state index in [9.17, 15) is 9.90 Å². The number of aryl methyl sites for hydroxylation is 1. The number of hydrogen-bond donors (Lipinski definition) is 2. The van der Waals surface area contributed by atoms with E-state index in [-0.39, 0.29) is 17.0 Å². The molecule has 146 valence electrons. The van der Waals surface area contributed by atoms with Crippen LogP contribution < -0.4 is 5.56 Å². The van der Waals surface area contributed by atoms with E-state index in [4.69, 9.17) is 5.26 Å². The molecule has 1 aromatic heterocycles. The number of H-pyrrole nitrogens is 1. The van der Waals surface area contributed by atoms with Gasteiger partial charge in [0.05, 0.1) is 0 Å². The van der Waals surface area contributed by atoms with Crippen LogP contribution in [0.5, 0.6) is 5.88 Å². The van der Waals surface area contributed by atoms with Gasteiger partial charge in [0.15, 0.2) is 0 Å². The van der Waals surface area contributed by atoms with Crippen molar-refractivity contribution in [2.24, 2.45) is 0 Å². The lowest BCUT2D eigenvalue weighted by atomic mass is 10.0. The van der Waals surface area contributed by atoms with E-state index in [2.05, 4.69) is 11.9 Å². The van der Waals surface area contributed by atoms with Crippen LogP contribution in [0.4, 0.5) is 0 Å². The maximum Gasteiger partial charge on any atom is 0.251 e. The summed E-state index contributed by atoms with van der Waals surface area (Å²) in [6, 6.07) is 3.40. The van der Waals surface area contributed by atoms with Crippen LogP contribution in [0, 0.1) is 11.3 Å². The SMILES string of the molecule is CCCCCCCCCCCCCCCCc1cc(=O)[nH]c(O)c1C#N. The molecule has 0 aliphatic carbocycles. The molecular formula is C22H36N2O2. The fourth-order valence-corrected chi connectivity index (χ4v) is 3.43. The van der Waals surface area contributed by atoms with Crippen molar-refractivity contribution in [2.75, 3.05) is 0 Å². The summed E-state index contributed by atoms with van der Waals surface area (Å²) in [7, 11) is 0. The zero-order chi connectivity index (χ0) is 19.0. The van der Waals surface area contributed by atoms with Crippen molar-refractivity contribution >= 4 is 0 Å². The minimum Gasteiger partial charge on any atom is -0.494 e. The van der Waals surface area contributed by atoms with Gasteiger partial charge in [-0.3, -0.25) is 9.78 Å². The molecule has 0 aliphatic heterocycles. The summed E-state index contributed by atoms with van der Waals surface area (Å²) < 4.78 is 0. The van der Waals surface area contributed by atoms with E-state index in [1.165, 1.54) is 83.1 Å². The molecule has 0 atom stereocenters. The predicted octanol–water partition coefficient (Wildman–Crippen LogP) is 5.98. The zero-order valence-corrected chi connectivity index (χ0v) is 16.5. The van der Waals surface area contributed by atoms with Crippen LogP contribution in [0.2, 0.25) is 0 Å². The van der Waals surface area contributed by atoms with Gasteiger partial charge in [0.25, 0.3) is 5.56 Å². The van der Waals surface area contributed by atoms with Gasteiger partial charge in [-0.15, -0.1) is 0 Å².